The highest BCUT2D eigenvalue weighted by Gasteiger charge is 2.08. The highest BCUT2D eigenvalue weighted by molar-refractivity contribution is 7.99. The number of amides is 1. The van der Waals surface area contributed by atoms with Gasteiger partial charge in [0, 0.05) is 35.6 Å². The van der Waals surface area contributed by atoms with E-state index in [0.29, 0.717) is 11.8 Å². The van der Waals surface area contributed by atoms with Gasteiger partial charge in [-0.15, -0.1) is 0 Å². The quantitative estimate of drug-likeness (QED) is 0.457. The van der Waals surface area contributed by atoms with Crippen LogP contribution in [0, 0.1) is 0 Å². The molecule has 0 bridgehead atoms. The van der Waals surface area contributed by atoms with Crippen LogP contribution in [0.5, 0.6) is 5.75 Å². The average molecular weight is 397 g/mol. The molecule has 2 aromatic carbocycles. The van der Waals surface area contributed by atoms with Crippen molar-refractivity contribution in [2.45, 2.75) is 23.4 Å². The maximum Gasteiger partial charge on any atom is 0.221 e. The number of rotatable bonds is 8. The van der Waals surface area contributed by atoms with E-state index in [1.807, 2.05) is 48.7 Å². The van der Waals surface area contributed by atoms with Crippen LogP contribution in [0.3, 0.4) is 0 Å². The van der Waals surface area contributed by atoms with Crippen LogP contribution in [0.15, 0.2) is 58.7 Å². The van der Waals surface area contributed by atoms with Crippen LogP contribution >= 0.6 is 11.8 Å². The first-order chi connectivity index (χ1) is 13.5. The Balaban J connectivity index is 1.73. The smallest absolute Gasteiger partial charge is 0.221 e. The summed E-state index contributed by atoms with van der Waals surface area (Å²) in [7, 11) is 4.11. The summed E-state index contributed by atoms with van der Waals surface area (Å²) in [4.78, 5) is 23.4. The van der Waals surface area contributed by atoms with Gasteiger partial charge in [-0.05, 0) is 62.6 Å². The largest absolute Gasteiger partial charge is 0.491 e. The van der Waals surface area contributed by atoms with E-state index in [0.717, 1.165) is 40.2 Å². The molecular weight excluding hydrogens is 372 g/mol. The summed E-state index contributed by atoms with van der Waals surface area (Å²) >= 11 is 1.47. The van der Waals surface area contributed by atoms with Crippen LogP contribution in [-0.4, -0.2) is 48.0 Å². The zero-order valence-electron chi connectivity index (χ0n) is 16.3. The van der Waals surface area contributed by atoms with Gasteiger partial charge in [-0.1, -0.05) is 12.1 Å². The zero-order chi connectivity index (χ0) is 19.9. The van der Waals surface area contributed by atoms with Crippen molar-refractivity contribution in [2.75, 3.05) is 32.6 Å². The number of hydrogen-bond donors (Lipinski definition) is 1. The number of nitrogens with zero attached hydrogens (tertiary/aromatic N) is 3. The molecule has 0 saturated carbocycles. The standard InChI is InChI=1S/C21H24N4O2S/c1-15(26)23-17-8-10-18(11-9-17)28-21-22-14-16-6-4-7-19(20(16)24-21)27-13-5-12-25(2)3/h4,6-11,14H,5,12-13H2,1-3H3,(H,23,26). The van der Waals surface area contributed by atoms with Crippen LogP contribution in [-0.2, 0) is 4.79 Å². The van der Waals surface area contributed by atoms with E-state index in [2.05, 4.69) is 29.3 Å². The number of hydrogen-bond acceptors (Lipinski definition) is 6. The molecule has 0 atom stereocenters. The molecule has 7 heteroatoms. The Morgan fingerprint density at radius 1 is 1.18 bits per heavy atom. The van der Waals surface area contributed by atoms with Crippen molar-refractivity contribution in [3.8, 4) is 5.75 Å². The molecule has 0 spiro atoms. The molecule has 146 valence electrons. The Morgan fingerprint density at radius 2 is 1.96 bits per heavy atom. The third-order valence-electron chi connectivity index (χ3n) is 3.94. The Labute approximate surface area is 169 Å². The number of benzene rings is 2. The van der Waals surface area contributed by atoms with Crippen molar-refractivity contribution in [3.63, 3.8) is 0 Å². The molecule has 0 fully saturated rings. The molecule has 6 nitrogen and oxygen atoms in total. The van der Waals surface area contributed by atoms with Crippen LogP contribution in [0.1, 0.15) is 13.3 Å². The van der Waals surface area contributed by atoms with Gasteiger partial charge < -0.3 is 15.0 Å². The molecule has 0 aliphatic rings. The van der Waals surface area contributed by atoms with Crippen LogP contribution in [0.25, 0.3) is 10.9 Å². The first-order valence-electron chi connectivity index (χ1n) is 9.10. The maximum absolute atomic E-state index is 11.1. The Hall–Kier alpha value is -2.64. The van der Waals surface area contributed by atoms with Gasteiger partial charge in [-0.25, -0.2) is 9.97 Å². The molecule has 28 heavy (non-hydrogen) atoms. The topological polar surface area (TPSA) is 67.3 Å². The summed E-state index contributed by atoms with van der Waals surface area (Å²) in [6.45, 7) is 3.12. The highest BCUT2D eigenvalue weighted by Crippen LogP contribution is 2.29. The van der Waals surface area contributed by atoms with Gasteiger partial charge in [0.05, 0.1) is 6.61 Å². The minimum Gasteiger partial charge on any atom is -0.491 e. The summed E-state index contributed by atoms with van der Waals surface area (Å²) < 4.78 is 5.96. The van der Waals surface area contributed by atoms with E-state index in [4.69, 9.17) is 9.72 Å². The van der Waals surface area contributed by atoms with E-state index in [9.17, 15) is 4.79 Å². The molecule has 3 rings (SSSR count). The van der Waals surface area contributed by atoms with Gasteiger partial charge in [0.1, 0.15) is 11.3 Å². The van der Waals surface area contributed by atoms with Crippen LogP contribution in [0.2, 0.25) is 0 Å². The monoisotopic (exact) mass is 396 g/mol. The zero-order valence-corrected chi connectivity index (χ0v) is 17.1. The van der Waals surface area contributed by atoms with Gasteiger partial charge in [0.2, 0.25) is 5.91 Å². The van der Waals surface area contributed by atoms with Crippen molar-refractivity contribution < 1.29 is 9.53 Å². The Kier molecular flexibility index (Phi) is 6.84. The van der Waals surface area contributed by atoms with Gasteiger partial charge in [-0.3, -0.25) is 4.79 Å². The Bertz CT molecular complexity index is 945. The fourth-order valence-corrected chi connectivity index (χ4v) is 3.38. The molecule has 1 amide bonds. The molecule has 3 aromatic rings. The number of carbonyl (C=O) groups is 1. The maximum atomic E-state index is 11.1. The number of anilines is 1. The summed E-state index contributed by atoms with van der Waals surface area (Å²) in [5.41, 5.74) is 1.59. The third kappa shape index (κ3) is 5.68. The fraction of sp³-hybridized carbons (Fsp3) is 0.286. The summed E-state index contributed by atoms with van der Waals surface area (Å²) in [5, 5.41) is 4.37. The van der Waals surface area contributed by atoms with Crippen LogP contribution in [0.4, 0.5) is 5.69 Å². The molecule has 0 radical (unpaired) electrons. The second-order valence-electron chi connectivity index (χ2n) is 6.66. The molecule has 0 unspecified atom stereocenters. The summed E-state index contributed by atoms with van der Waals surface area (Å²) in [6.07, 6.45) is 2.78. The van der Waals surface area contributed by atoms with Crippen LogP contribution < -0.4 is 10.1 Å². The third-order valence-corrected chi connectivity index (χ3v) is 4.83. The summed E-state index contributed by atoms with van der Waals surface area (Å²) in [6, 6.07) is 13.5. The van der Waals surface area contributed by atoms with Gasteiger partial charge in [-0.2, -0.15) is 0 Å². The number of carbonyl (C=O) groups excluding carboxylic acids is 1. The molecule has 1 aromatic heterocycles. The number of fused-ring (bicyclic) bond motifs is 1. The lowest BCUT2D eigenvalue weighted by molar-refractivity contribution is -0.114. The lowest BCUT2D eigenvalue weighted by Crippen LogP contribution is -2.15. The minimum atomic E-state index is -0.0867. The van der Waals surface area contributed by atoms with E-state index >= 15 is 0 Å². The predicted molar refractivity (Wildman–Crippen MR) is 113 cm³/mol. The number of ether oxygens (including phenoxy) is 1. The van der Waals surface area contributed by atoms with E-state index < -0.39 is 0 Å². The molecule has 0 saturated heterocycles. The number of aromatic nitrogens is 2. The van der Waals surface area contributed by atoms with Crippen molar-refractivity contribution in [3.05, 3.63) is 48.7 Å². The van der Waals surface area contributed by atoms with E-state index in [-0.39, 0.29) is 5.91 Å². The lowest BCUT2D eigenvalue weighted by atomic mass is 10.2. The average Bonchev–Trinajstić information content (AvgIpc) is 2.66. The SMILES string of the molecule is CC(=O)Nc1ccc(Sc2ncc3cccc(OCCCN(C)C)c3n2)cc1. The first kappa shape index (κ1) is 20.1. The van der Waals surface area contributed by atoms with E-state index in [1.54, 1.807) is 0 Å². The van der Waals surface area contributed by atoms with Crippen molar-refractivity contribution in [1.29, 1.82) is 0 Å². The van der Waals surface area contributed by atoms with Gasteiger partial charge in [0.15, 0.2) is 5.16 Å². The van der Waals surface area contributed by atoms with Gasteiger partial charge >= 0.3 is 0 Å². The van der Waals surface area contributed by atoms with Crippen molar-refractivity contribution in [1.82, 2.24) is 14.9 Å². The Morgan fingerprint density at radius 3 is 2.68 bits per heavy atom. The lowest BCUT2D eigenvalue weighted by Gasteiger charge is -2.12. The van der Waals surface area contributed by atoms with Crippen molar-refractivity contribution in [2.24, 2.45) is 0 Å². The fourth-order valence-electron chi connectivity index (χ4n) is 2.66. The second-order valence-corrected chi connectivity index (χ2v) is 7.70. The molecular formula is C21H24N4O2S. The number of nitrogens with one attached hydrogen (secondary N) is 1. The second kappa shape index (κ2) is 9.52. The van der Waals surface area contributed by atoms with Gasteiger partial charge in [0.25, 0.3) is 0 Å². The molecule has 0 aliphatic carbocycles. The molecule has 1 heterocycles. The number of para-hydroxylation sites is 1. The first-order valence-corrected chi connectivity index (χ1v) is 9.92. The highest BCUT2D eigenvalue weighted by atomic mass is 32.2. The minimum absolute atomic E-state index is 0.0867. The molecule has 0 aliphatic heterocycles. The van der Waals surface area contributed by atoms with E-state index in [1.165, 1.54) is 18.7 Å². The molecule has 1 N–H and O–H groups in total. The van der Waals surface area contributed by atoms with Crippen molar-refractivity contribution >= 4 is 34.3 Å². The summed E-state index contributed by atoms with van der Waals surface area (Å²) in [5.74, 6) is 0.692. The predicted octanol–water partition coefficient (Wildman–Crippen LogP) is 4.07. The normalized spacial score (nSPS) is 11.0.